The van der Waals surface area contributed by atoms with Crippen LogP contribution in [0.5, 0.6) is 0 Å². The molecule has 3 amide bonds. The molecule has 0 saturated carbocycles. The van der Waals surface area contributed by atoms with Gasteiger partial charge in [-0.25, -0.2) is 0 Å². The zero-order valence-corrected chi connectivity index (χ0v) is 22.9. The third kappa shape index (κ3) is 4.40. The van der Waals surface area contributed by atoms with Crippen molar-refractivity contribution in [3.63, 3.8) is 0 Å². The minimum Gasteiger partial charge on any atom is -0.394 e. The highest BCUT2D eigenvalue weighted by Crippen LogP contribution is 2.63. The zero-order chi connectivity index (χ0) is 27.1. The molecule has 0 radical (unpaired) electrons. The van der Waals surface area contributed by atoms with Crippen LogP contribution < -0.4 is 15.5 Å². The Morgan fingerprint density at radius 1 is 1.16 bits per heavy atom. The van der Waals surface area contributed by atoms with E-state index in [1.54, 1.807) is 7.05 Å². The van der Waals surface area contributed by atoms with E-state index in [0.717, 1.165) is 18.8 Å². The monoisotopic (exact) mass is 514 g/mol. The normalized spacial score (nSPS) is 31.0. The van der Waals surface area contributed by atoms with Crippen LogP contribution in [0, 0.1) is 17.8 Å². The molecule has 3 fully saturated rings. The number of carbonyl (C=O) groups is 3. The molecule has 4 rings (SSSR count). The summed E-state index contributed by atoms with van der Waals surface area (Å²) in [7, 11) is 1.56. The van der Waals surface area contributed by atoms with E-state index in [9.17, 15) is 19.5 Å². The molecule has 3 aliphatic rings. The van der Waals surface area contributed by atoms with Gasteiger partial charge in [0.25, 0.3) is 0 Å². The molecule has 37 heavy (non-hydrogen) atoms. The minimum absolute atomic E-state index is 0.198. The second-order valence-electron chi connectivity index (χ2n) is 11.3. The SMILES string of the molecule is CCN(CC)c1ccc(NC(=O)C2N([C@@H](CO)CC(C)C)C(=O)[C@@H]3[C@@H](C(=O)NC)[C@@]4(C)CCC23O4)cc1. The van der Waals surface area contributed by atoms with Gasteiger partial charge in [0.05, 0.1) is 30.1 Å². The van der Waals surface area contributed by atoms with Gasteiger partial charge < -0.3 is 30.3 Å². The lowest BCUT2D eigenvalue weighted by Gasteiger charge is -2.37. The van der Waals surface area contributed by atoms with E-state index >= 15 is 0 Å². The topological polar surface area (TPSA) is 111 Å². The van der Waals surface area contributed by atoms with Gasteiger partial charge in [0.1, 0.15) is 11.6 Å². The number of aliphatic hydroxyl groups excluding tert-OH is 1. The highest BCUT2D eigenvalue weighted by atomic mass is 16.5. The Bertz CT molecular complexity index is 1030. The van der Waals surface area contributed by atoms with Crippen molar-refractivity contribution in [2.45, 2.75) is 77.2 Å². The van der Waals surface area contributed by atoms with Crippen LogP contribution >= 0.6 is 0 Å². The first-order valence-electron chi connectivity index (χ1n) is 13.6. The van der Waals surface area contributed by atoms with Gasteiger partial charge in [-0.3, -0.25) is 14.4 Å². The fraction of sp³-hybridized carbons (Fsp3) is 0.679. The Labute approximate surface area is 219 Å². The zero-order valence-electron chi connectivity index (χ0n) is 22.9. The Kier molecular flexibility index (Phi) is 7.59. The van der Waals surface area contributed by atoms with E-state index in [0.29, 0.717) is 24.9 Å². The standard InChI is InChI=1S/C28H42N4O5/c1-7-31(8-2)19-11-9-18(10-12-19)30-25(35)23-28-14-13-27(5,37-28)21(24(34)29-6)22(28)26(36)32(23)20(16-33)15-17(3)4/h9-12,17,20-23,33H,7-8,13-16H2,1-6H3,(H,29,34)(H,30,35)/t20-,21+,22+,23?,27-,28?/m1/s1. The van der Waals surface area contributed by atoms with Crippen molar-refractivity contribution in [2.75, 3.05) is 37.0 Å². The van der Waals surface area contributed by atoms with E-state index in [1.165, 1.54) is 4.90 Å². The molecule has 9 heteroatoms. The third-order valence-corrected chi connectivity index (χ3v) is 8.60. The predicted molar refractivity (Wildman–Crippen MR) is 142 cm³/mol. The van der Waals surface area contributed by atoms with Gasteiger partial charge in [-0.1, -0.05) is 13.8 Å². The average Bonchev–Trinajstić information content (AvgIpc) is 3.44. The molecular weight excluding hydrogens is 472 g/mol. The smallest absolute Gasteiger partial charge is 0.250 e. The number of hydrogen-bond donors (Lipinski definition) is 3. The number of benzene rings is 1. The molecule has 3 N–H and O–H groups in total. The van der Waals surface area contributed by atoms with Crippen LogP contribution in [0.2, 0.25) is 0 Å². The molecule has 0 aliphatic carbocycles. The first-order chi connectivity index (χ1) is 17.6. The van der Waals surface area contributed by atoms with E-state index in [1.807, 2.05) is 45.0 Å². The van der Waals surface area contributed by atoms with E-state index < -0.39 is 35.1 Å². The summed E-state index contributed by atoms with van der Waals surface area (Å²) in [4.78, 5) is 44.8. The van der Waals surface area contributed by atoms with Gasteiger partial charge in [0, 0.05) is 31.5 Å². The number of amides is 3. The molecule has 204 valence electrons. The van der Waals surface area contributed by atoms with Crippen molar-refractivity contribution in [1.82, 2.24) is 10.2 Å². The van der Waals surface area contributed by atoms with Crippen molar-refractivity contribution >= 4 is 29.1 Å². The summed E-state index contributed by atoms with van der Waals surface area (Å²) in [6.45, 7) is 11.6. The van der Waals surface area contributed by atoms with Crippen LogP contribution in [0.1, 0.15) is 53.9 Å². The van der Waals surface area contributed by atoms with Gasteiger partial charge in [0.2, 0.25) is 17.7 Å². The third-order valence-electron chi connectivity index (χ3n) is 8.60. The number of likely N-dealkylation sites (tertiary alicyclic amines) is 1. The molecule has 9 nitrogen and oxygen atoms in total. The number of fused-ring (bicyclic) bond motifs is 1. The van der Waals surface area contributed by atoms with Gasteiger partial charge >= 0.3 is 0 Å². The first kappa shape index (κ1) is 27.4. The average molecular weight is 515 g/mol. The molecule has 3 heterocycles. The second kappa shape index (κ2) is 10.3. The van der Waals surface area contributed by atoms with Crippen LogP contribution in [-0.2, 0) is 19.1 Å². The first-order valence-corrected chi connectivity index (χ1v) is 13.6. The summed E-state index contributed by atoms with van der Waals surface area (Å²) in [5, 5.41) is 16.0. The summed E-state index contributed by atoms with van der Waals surface area (Å²) in [5.74, 6) is -2.15. The fourth-order valence-corrected chi connectivity index (χ4v) is 6.99. The lowest BCUT2D eigenvalue weighted by molar-refractivity contribution is -0.148. The van der Waals surface area contributed by atoms with Crippen molar-refractivity contribution in [3.8, 4) is 0 Å². The fourth-order valence-electron chi connectivity index (χ4n) is 6.99. The van der Waals surface area contributed by atoms with Crippen LogP contribution in [0.3, 0.4) is 0 Å². The van der Waals surface area contributed by atoms with Crippen LogP contribution in [0.4, 0.5) is 11.4 Å². The lowest BCUT2D eigenvalue weighted by Crippen LogP contribution is -2.56. The molecular formula is C28H42N4O5. The molecule has 2 unspecified atom stereocenters. The number of nitrogens with zero attached hydrogens (tertiary/aromatic N) is 2. The second-order valence-corrected chi connectivity index (χ2v) is 11.3. The Morgan fingerprint density at radius 2 is 1.81 bits per heavy atom. The van der Waals surface area contributed by atoms with Gasteiger partial charge in [-0.2, -0.15) is 0 Å². The maximum absolute atomic E-state index is 14.0. The number of rotatable bonds is 10. The van der Waals surface area contributed by atoms with Crippen molar-refractivity contribution in [1.29, 1.82) is 0 Å². The van der Waals surface area contributed by atoms with E-state index in [4.69, 9.17) is 4.74 Å². The summed E-state index contributed by atoms with van der Waals surface area (Å²) in [6, 6.07) is 6.17. The number of aliphatic hydroxyl groups is 1. The van der Waals surface area contributed by atoms with Crippen molar-refractivity contribution in [2.24, 2.45) is 17.8 Å². The number of anilines is 2. The molecule has 1 spiro atoms. The molecule has 3 aliphatic heterocycles. The maximum Gasteiger partial charge on any atom is 0.250 e. The highest BCUT2D eigenvalue weighted by molar-refractivity contribution is 6.04. The summed E-state index contributed by atoms with van der Waals surface area (Å²) in [6.07, 6.45) is 1.62. The van der Waals surface area contributed by atoms with Crippen LogP contribution in [0.15, 0.2) is 24.3 Å². The minimum atomic E-state index is -1.11. The number of nitrogens with one attached hydrogen (secondary N) is 2. The lowest BCUT2D eigenvalue weighted by atomic mass is 9.66. The predicted octanol–water partition coefficient (Wildman–Crippen LogP) is 2.39. The van der Waals surface area contributed by atoms with Crippen molar-refractivity contribution in [3.05, 3.63) is 24.3 Å². The van der Waals surface area contributed by atoms with Crippen LogP contribution in [0.25, 0.3) is 0 Å². The molecule has 0 aromatic heterocycles. The summed E-state index contributed by atoms with van der Waals surface area (Å²) < 4.78 is 6.59. The number of carbonyl (C=O) groups excluding carboxylic acids is 3. The molecule has 1 aromatic carbocycles. The Balaban J connectivity index is 1.71. The molecule has 3 saturated heterocycles. The van der Waals surface area contributed by atoms with Gasteiger partial charge in [0.15, 0.2) is 0 Å². The van der Waals surface area contributed by atoms with E-state index in [2.05, 4.69) is 29.4 Å². The maximum atomic E-state index is 14.0. The Morgan fingerprint density at radius 3 is 2.35 bits per heavy atom. The molecule has 6 atom stereocenters. The highest BCUT2D eigenvalue weighted by Gasteiger charge is 2.78. The Hall–Kier alpha value is -2.65. The summed E-state index contributed by atoms with van der Waals surface area (Å²) in [5.41, 5.74) is -0.239. The quantitative estimate of drug-likeness (QED) is 0.442. The van der Waals surface area contributed by atoms with E-state index in [-0.39, 0.29) is 30.2 Å². The summed E-state index contributed by atoms with van der Waals surface area (Å²) >= 11 is 0. The van der Waals surface area contributed by atoms with Gasteiger partial charge in [-0.05, 0) is 70.2 Å². The largest absolute Gasteiger partial charge is 0.394 e. The van der Waals surface area contributed by atoms with Gasteiger partial charge in [-0.15, -0.1) is 0 Å². The van der Waals surface area contributed by atoms with Crippen molar-refractivity contribution < 1.29 is 24.2 Å². The number of hydrogen-bond acceptors (Lipinski definition) is 6. The van der Waals surface area contributed by atoms with Crippen LogP contribution in [-0.4, -0.2) is 77.8 Å². The molecule has 2 bridgehead atoms. The number of ether oxygens (including phenoxy) is 1. The molecule has 1 aromatic rings.